The number of nitrogens with zero attached hydrogens (tertiary/aromatic N) is 1. The monoisotopic (exact) mass is 155 g/mol. The van der Waals surface area contributed by atoms with E-state index in [9.17, 15) is 0 Å². The van der Waals surface area contributed by atoms with Gasteiger partial charge in [-0.05, 0) is 19.3 Å². The third-order valence-corrected chi connectivity index (χ3v) is 2.14. The molecule has 0 amide bonds. The molecular formula is C8H13NO2. The fourth-order valence-electron chi connectivity index (χ4n) is 1.53. The maximum atomic E-state index is 4.98. The molecule has 2 rings (SSSR count). The van der Waals surface area contributed by atoms with Crippen LogP contribution in [0, 0.1) is 0 Å². The van der Waals surface area contributed by atoms with Gasteiger partial charge in [-0.1, -0.05) is 0 Å². The third-order valence-electron chi connectivity index (χ3n) is 2.14. The topological polar surface area (TPSA) is 21.7 Å². The van der Waals surface area contributed by atoms with Crippen LogP contribution in [0.5, 0.6) is 0 Å². The van der Waals surface area contributed by atoms with Crippen molar-refractivity contribution in [1.82, 2.24) is 4.90 Å². The van der Waals surface area contributed by atoms with Crippen LogP contribution in [-0.2, 0) is 9.78 Å². The van der Waals surface area contributed by atoms with Crippen molar-refractivity contribution in [3.8, 4) is 0 Å². The summed E-state index contributed by atoms with van der Waals surface area (Å²) in [5.74, 6) is 0.921. The Morgan fingerprint density at radius 3 is 2.64 bits per heavy atom. The van der Waals surface area contributed by atoms with Crippen molar-refractivity contribution in [2.24, 2.45) is 0 Å². The molecule has 62 valence electrons. The highest BCUT2D eigenvalue weighted by Gasteiger charge is 2.17. The van der Waals surface area contributed by atoms with Gasteiger partial charge in [0, 0.05) is 19.2 Å². The van der Waals surface area contributed by atoms with E-state index in [1.54, 1.807) is 0 Å². The van der Waals surface area contributed by atoms with Gasteiger partial charge in [0.1, 0.15) is 6.61 Å². The van der Waals surface area contributed by atoms with Crippen LogP contribution < -0.4 is 0 Å². The van der Waals surface area contributed by atoms with Crippen molar-refractivity contribution >= 4 is 0 Å². The first-order chi connectivity index (χ1) is 5.47. The molecule has 0 radical (unpaired) electrons. The SMILES string of the molecule is C1=C(N2CCCCC2)OOC1. The molecule has 0 aromatic rings. The van der Waals surface area contributed by atoms with Crippen LogP contribution in [0.25, 0.3) is 0 Å². The molecule has 0 aromatic heterocycles. The minimum atomic E-state index is 0.603. The van der Waals surface area contributed by atoms with E-state index in [0.29, 0.717) is 6.61 Å². The van der Waals surface area contributed by atoms with Crippen molar-refractivity contribution in [1.29, 1.82) is 0 Å². The Hall–Kier alpha value is -0.700. The Morgan fingerprint density at radius 2 is 2.00 bits per heavy atom. The molecule has 0 saturated carbocycles. The fourth-order valence-corrected chi connectivity index (χ4v) is 1.53. The Labute approximate surface area is 66.5 Å². The number of likely N-dealkylation sites (tertiary alicyclic amines) is 1. The molecule has 3 heteroatoms. The molecule has 0 N–H and O–H groups in total. The van der Waals surface area contributed by atoms with Crippen molar-refractivity contribution in [3.05, 3.63) is 12.0 Å². The van der Waals surface area contributed by atoms with E-state index in [1.807, 2.05) is 6.08 Å². The van der Waals surface area contributed by atoms with E-state index in [1.165, 1.54) is 19.3 Å². The summed E-state index contributed by atoms with van der Waals surface area (Å²) in [6, 6.07) is 0. The molecule has 2 aliphatic heterocycles. The van der Waals surface area contributed by atoms with Crippen LogP contribution in [-0.4, -0.2) is 24.6 Å². The summed E-state index contributed by atoms with van der Waals surface area (Å²) in [5.41, 5.74) is 0. The van der Waals surface area contributed by atoms with E-state index in [0.717, 1.165) is 19.0 Å². The van der Waals surface area contributed by atoms with Crippen LogP contribution in [0.15, 0.2) is 12.0 Å². The van der Waals surface area contributed by atoms with E-state index < -0.39 is 0 Å². The standard InChI is InChI=1S/C8H13NO2/c1-2-5-9(6-3-1)8-4-7-10-11-8/h4H,1-3,5-7H2. The molecule has 11 heavy (non-hydrogen) atoms. The first-order valence-corrected chi connectivity index (χ1v) is 4.21. The quantitative estimate of drug-likeness (QED) is 0.532. The molecule has 0 unspecified atom stereocenters. The predicted molar refractivity (Wildman–Crippen MR) is 40.5 cm³/mol. The maximum absolute atomic E-state index is 4.98. The maximum Gasteiger partial charge on any atom is 0.231 e. The third kappa shape index (κ3) is 1.48. The Morgan fingerprint density at radius 1 is 1.18 bits per heavy atom. The normalized spacial score (nSPS) is 24.7. The molecule has 0 bridgehead atoms. The Balaban J connectivity index is 1.92. The zero-order chi connectivity index (χ0) is 7.52. The van der Waals surface area contributed by atoms with Crippen molar-refractivity contribution in [2.75, 3.05) is 19.7 Å². The van der Waals surface area contributed by atoms with Gasteiger partial charge in [0.25, 0.3) is 0 Å². The number of hydrogen-bond donors (Lipinski definition) is 0. The smallest absolute Gasteiger partial charge is 0.231 e. The second kappa shape index (κ2) is 3.13. The highest BCUT2D eigenvalue weighted by atomic mass is 17.2. The molecule has 0 aromatic carbocycles. The van der Waals surface area contributed by atoms with Crippen LogP contribution in [0.1, 0.15) is 19.3 Å². The number of hydrogen-bond acceptors (Lipinski definition) is 3. The number of piperidine rings is 1. The van der Waals surface area contributed by atoms with E-state index in [2.05, 4.69) is 4.90 Å². The van der Waals surface area contributed by atoms with Gasteiger partial charge < -0.3 is 9.79 Å². The van der Waals surface area contributed by atoms with Crippen molar-refractivity contribution in [3.63, 3.8) is 0 Å². The highest BCUT2D eigenvalue weighted by molar-refractivity contribution is 4.95. The van der Waals surface area contributed by atoms with E-state index in [-0.39, 0.29) is 0 Å². The molecule has 2 aliphatic rings. The van der Waals surface area contributed by atoms with Gasteiger partial charge in [-0.15, -0.1) is 0 Å². The first-order valence-electron chi connectivity index (χ1n) is 4.21. The zero-order valence-corrected chi connectivity index (χ0v) is 6.58. The average molecular weight is 155 g/mol. The summed E-state index contributed by atoms with van der Waals surface area (Å²) < 4.78 is 0. The lowest BCUT2D eigenvalue weighted by Crippen LogP contribution is -2.29. The largest absolute Gasteiger partial charge is 0.340 e. The lowest BCUT2D eigenvalue weighted by molar-refractivity contribution is -0.250. The molecule has 0 atom stereocenters. The van der Waals surface area contributed by atoms with Gasteiger partial charge >= 0.3 is 0 Å². The van der Waals surface area contributed by atoms with Gasteiger partial charge in [0.2, 0.25) is 5.88 Å². The fraction of sp³-hybridized carbons (Fsp3) is 0.750. The average Bonchev–Trinajstić information content (AvgIpc) is 2.58. The Bertz CT molecular complexity index is 161. The minimum Gasteiger partial charge on any atom is -0.340 e. The van der Waals surface area contributed by atoms with Crippen LogP contribution in [0.3, 0.4) is 0 Å². The van der Waals surface area contributed by atoms with Crippen LogP contribution in [0.4, 0.5) is 0 Å². The summed E-state index contributed by atoms with van der Waals surface area (Å²) in [6.07, 6.45) is 5.90. The van der Waals surface area contributed by atoms with Gasteiger partial charge in [-0.3, -0.25) is 0 Å². The van der Waals surface area contributed by atoms with Crippen molar-refractivity contribution in [2.45, 2.75) is 19.3 Å². The lowest BCUT2D eigenvalue weighted by Gasteiger charge is -2.27. The van der Waals surface area contributed by atoms with Crippen LogP contribution in [0.2, 0.25) is 0 Å². The molecular weight excluding hydrogens is 142 g/mol. The Kier molecular flexibility index (Phi) is 1.99. The summed E-state index contributed by atoms with van der Waals surface area (Å²) in [4.78, 5) is 12.0. The van der Waals surface area contributed by atoms with Gasteiger partial charge in [0.15, 0.2) is 0 Å². The van der Waals surface area contributed by atoms with Gasteiger partial charge in [-0.2, -0.15) is 4.89 Å². The van der Waals surface area contributed by atoms with Gasteiger partial charge in [0.05, 0.1) is 0 Å². The molecule has 0 spiro atoms. The summed E-state index contributed by atoms with van der Waals surface area (Å²) in [5, 5.41) is 0. The lowest BCUT2D eigenvalue weighted by atomic mass is 10.1. The molecule has 1 fully saturated rings. The second-order valence-corrected chi connectivity index (χ2v) is 2.96. The van der Waals surface area contributed by atoms with Crippen LogP contribution >= 0.6 is 0 Å². The van der Waals surface area contributed by atoms with E-state index in [4.69, 9.17) is 9.78 Å². The number of rotatable bonds is 1. The molecule has 3 nitrogen and oxygen atoms in total. The van der Waals surface area contributed by atoms with E-state index >= 15 is 0 Å². The first kappa shape index (κ1) is 6.98. The minimum absolute atomic E-state index is 0.603. The predicted octanol–water partition coefficient (Wildman–Crippen LogP) is 1.28. The molecule has 1 saturated heterocycles. The second-order valence-electron chi connectivity index (χ2n) is 2.96. The highest BCUT2D eigenvalue weighted by Crippen LogP contribution is 2.18. The molecule has 2 heterocycles. The summed E-state index contributed by atoms with van der Waals surface area (Å²) in [7, 11) is 0. The van der Waals surface area contributed by atoms with Gasteiger partial charge in [-0.25, -0.2) is 0 Å². The molecule has 0 aliphatic carbocycles. The van der Waals surface area contributed by atoms with Crippen molar-refractivity contribution < 1.29 is 9.78 Å². The summed E-state index contributed by atoms with van der Waals surface area (Å²) >= 11 is 0. The summed E-state index contributed by atoms with van der Waals surface area (Å²) in [6.45, 7) is 2.84. The zero-order valence-electron chi connectivity index (χ0n) is 6.58.